The average Bonchev–Trinajstić information content (AvgIpc) is 2.84. The van der Waals surface area contributed by atoms with Gasteiger partial charge in [-0.3, -0.25) is 4.79 Å². The van der Waals surface area contributed by atoms with Gasteiger partial charge in [-0.1, -0.05) is 24.2 Å². The smallest absolute Gasteiger partial charge is 0.246 e. The zero-order valence-corrected chi connectivity index (χ0v) is 22.1. The van der Waals surface area contributed by atoms with Crippen molar-refractivity contribution in [3.8, 4) is 11.1 Å². The molecule has 0 bridgehead atoms. The maximum absolute atomic E-state index is 16.2. The van der Waals surface area contributed by atoms with E-state index in [9.17, 15) is 13.6 Å². The van der Waals surface area contributed by atoms with Crippen LogP contribution in [0.1, 0.15) is 6.92 Å². The number of hydrogen-bond acceptors (Lipinski definition) is 6. The number of piperazine rings is 1. The molecule has 0 aliphatic carbocycles. The molecular weight excluding hydrogens is 517 g/mol. The normalized spacial score (nSPS) is 18.3. The zero-order valence-electron chi connectivity index (χ0n) is 21.4. The van der Waals surface area contributed by atoms with Gasteiger partial charge < -0.3 is 19.6 Å². The van der Waals surface area contributed by atoms with Gasteiger partial charge in [0.2, 0.25) is 11.9 Å². The highest BCUT2D eigenvalue weighted by Gasteiger charge is 2.34. The minimum Gasteiger partial charge on any atom is -0.352 e. The fourth-order valence-electron chi connectivity index (χ4n) is 5.06. The third-order valence-corrected chi connectivity index (χ3v) is 7.62. The molecule has 5 rings (SSSR count). The Kier molecular flexibility index (Phi) is 6.96. The van der Waals surface area contributed by atoms with Gasteiger partial charge >= 0.3 is 0 Å². The number of fused-ring (bicyclic) bond motifs is 1. The van der Waals surface area contributed by atoms with E-state index in [1.54, 1.807) is 4.90 Å². The molecule has 1 amide bonds. The lowest BCUT2D eigenvalue weighted by molar-refractivity contribution is -0.128. The summed E-state index contributed by atoms with van der Waals surface area (Å²) >= 11 is 6.48. The number of halogens is 4. The van der Waals surface area contributed by atoms with Gasteiger partial charge in [0.05, 0.1) is 10.6 Å². The van der Waals surface area contributed by atoms with Crippen LogP contribution < -0.4 is 9.80 Å². The highest BCUT2D eigenvalue weighted by molar-refractivity contribution is 6.34. The Morgan fingerprint density at radius 2 is 1.76 bits per heavy atom. The predicted molar refractivity (Wildman–Crippen MR) is 143 cm³/mol. The number of hydrogen-bond donors (Lipinski definition) is 0. The molecule has 0 unspecified atom stereocenters. The van der Waals surface area contributed by atoms with Crippen molar-refractivity contribution in [3.05, 3.63) is 59.4 Å². The minimum atomic E-state index is -0.923. The fourth-order valence-corrected chi connectivity index (χ4v) is 5.34. The van der Waals surface area contributed by atoms with E-state index in [2.05, 4.69) is 16.5 Å². The van der Waals surface area contributed by atoms with Crippen LogP contribution in [0.25, 0.3) is 22.0 Å². The molecule has 2 aliphatic heterocycles. The van der Waals surface area contributed by atoms with Crippen LogP contribution in [-0.2, 0) is 4.79 Å². The molecule has 3 heterocycles. The first kappa shape index (κ1) is 26.2. The number of nitrogens with zero attached hydrogens (tertiary/aromatic N) is 6. The number of aromatic nitrogens is 2. The zero-order chi connectivity index (χ0) is 27.3. The molecule has 2 aliphatic rings. The maximum atomic E-state index is 16.2. The highest BCUT2D eigenvalue weighted by atomic mass is 35.5. The molecule has 38 heavy (non-hydrogen) atoms. The van der Waals surface area contributed by atoms with E-state index in [0.29, 0.717) is 55.9 Å². The molecule has 0 N–H and O–H groups in total. The Morgan fingerprint density at radius 1 is 1.08 bits per heavy atom. The first-order chi connectivity index (χ1) is 18.1. The molecule has 2 aromatic carbocycles. The topological polar surface area (TPSA) is 55.8 Å². The van der Waals surface area contributed by atoms with Crippen molar-refractivity contribution in [1.82, 2.24) is 19.8 Å². The quantitative estimate of drug-likeness (QED) is 0.446. The Hall–Kier alpha value is -3.37. The summed E-state index contributed by atoms with van der Waals surface area (Å²) in [5.74, 6) is -2.15. The molecule has 0 saturated carbocycles. The summed E-state index contributed by atoms with van der Waals surface area (Å²) < 4.78 is 45.5. The maximum Gasteiger partial charge on any atom is 0.246 e. The second-order valence-electron chi connectivity index (χ2n) is 9.94. The number of benzene rings is 2. The molecule has 2 saturated heterocycles. The van der Waals surface area contributed by atoms with E-state index >= 15 is 4.39 Å². The Morgan fingerprint density at radius 3 is 2.37 bits per heavy atom. The molecule has 2 fully saturated rings. The van der Waals surface area contributed by atoms with Crippen molar-refractivity contribution >= 4 is 40.2 Å². The molecule has 1 atom stereocenters. The van der Waals surface area contributed by atoms with Gasteiger partial charge in [0.1, 0.15) is 23.0 Å². The number of rotatable bonds is 5. The molecule has 3 aromatic rings. The number of carbonyl (C=O) groups is 1. The van der Waals surface area contributed by atoms with Gasteiger partial charge in [0, 0.05) is 55.8 Å². The SMILES string of the molecule is C=CC(=O)N1CCN(c2nc(N3CC(N(C)C)C3)nc3c(F)c(-c4c(F)cccc4F)c(Cl)cc23)C[C@H]1C. The lowest BCUT2D eigenvalue weighted by Gasteiger charge is -2.43. The number of anilines is 2. The molecule has 1 aromatic heterocycles. The molecule has 200 valence electrons. The lowest BCUT2D eigenvalue weighted by Crippen LogP contribution is -2.58. The average molecular weight is 545 g/mol. The van der Waals surface area contributed by atoms with Crippen LogP contribution in [0.2, 0.25) is 5.02 Å². The fraction of sp³-hybridized carbons (Fsp3) is 0.370. The molecule has 0 radical (unpaired) electrons. The molecule has 0 spiro atoms. The molecular formula is C27H28ClF3N6O. The summed E-state index contributed by atoms with van der Waals surface area (Å²) in [6.07, 6.45) is 1.29. The lowest BCUT2D eigenvalue weighted by atomic mass is 10.0. The van der Waals surface area contributed by atoms with Crippen LogP contribution in [0.4, 0.5) is 24.9 Å². The van der Waals surface area contributed by atoms with E-state index in [1.807, 2.05) is 30.8 Å². The summed E-state index contributed by atoms with van der Waals surface area (Å²) in [6, 6.07) is 4.93. The first-order valence-electron chi connectivity index (χ1n) is 12.3. The van der Waals surface area contributed by atoms with E-state index in [4.69, 9.17) is 16.6 Å². The largest absolute Gasteiger partial charge is 0.352 e. The van der Waals surface area contributed by atoms with Crippen LogP contribution in [-0.4, -0.2) is 84.6 Å². The van der Waals surface area contributed by atoms with Gasteiger partial charge in [-0.05, 0) is 45.3 Å². The van der Waals surface area contributed by atoms with Crippen molar-refractivity contribution in [2.24, 2.45) is 0 Å². The van der Waals surface area contributed by atoms with Gasteiger partial charge in [-0.25, -0.2) is 18.2 Å². The van der Waals surface area contributed by atoms with Crippen LogP contribution in [0, 0.1) is 17.5 Å². The number of likely N-dealkylation sites (N-methyl/N-ethyl adjacent to an activating group) is 1. The van der Waals surface area contributed by atoms with E-state index in [1.165, 1.54) is 18.2 Å². The number of amides is 1. The summed E-state index contributed by atoms with van der Waals surface area (Å²) in [7, 11) is 3.97. The third-order valence-electron chi connectivity index (χ3n) is 7.32. The summed E-state index contributed by atoms with van der Waals surface area (Å²) in [4.78, 5) is 29.3. The summed E-state index contributed by atoms with van der Waals surface area (Å²) in [6.45, 7) is 8.10. The minimum absolute atomic E-state index is 0.0717. The van der Waals surface area contributed by atoms with Crippen molar-refractivity contribution < 1.29 is 18.0 Å². The van der Waals surface area contributed by atoms with Crippen LogP contribution in [0.3, 0.4) is 0 Å². The first-order valence-corrected chi connectivity index (χ1v) is 12.7. The monoisotopic (exact) mass is 544 g/mol. The number of carbonyl (C=O) groups excluding carboxylic acids is 1. The second-order valence-corrected chi connectivity index (χ2v) is 10.3. The molecule has 11 heteroatoms. The standard InChI is InChI=1S/C27H28ClF3N6O/c1-5-21(38)37-10-9-35(12-15(37)2)26-17-11-18(28)22(23-19(29)7-6-8-20(23)30)24(31)25(17)32-27(33-26)36-13-16(14-36)34(3)4/h5-8,11,15-16H,1,9-10,12-14H2,2-4H3/t15-/m1/s1. The Balaban J connectivity index is 1.65. The van der Waals surface area contributed by atoms with Gasteiger partial charge in [0.25, 0.3) is 0 Å². The van der Waals surface area contributed by atoms with E-state index in [-0.39, 0.29) is 28.1 Å². The van der Waals surface area contributed by atoms with Crippen molar-refractivity contribution in [2.45, 2.75) is 19.0 Å². The second kappa shape index (κ2) is 10.1. The van der Waals surface area contributed by atoms with Crippen molar-refractivity contribution in [3.63, 3.8) is 0 Å². The van der Waals surface area contributed by atoms with Crippen LogP contribution >= 0.6 is 11.6 Å². The summed E-state index contributed by atoms with van der Waals surface area (Å²) in [5, 5.41) is 0.180. The van der Waals surface area contributed by atoms with Crippen molar-refractivity contribution in [2.75, 3.05) is 56.6 Å². The summed E-state index contributed by atoms with van der Waals surface area (Å²) in [5.41, 5.74) is -0.993. The Bertz CT molecular complexity index is 1410. The molecule has 7 nitrogen and oxygen atoms in total. The van der Waals surface area contributed by atoms with Gasteiger partial charge in [0.15, 0.2) is 5.82 Å². The van der Waals surface area contributed by atoms with Crippen LogP contribution in [0.15, 0.2) is 36.9 Å². The van der Waals surface area contributed by atoms with Gasteiger partial charge in [-0.15, -0.1) is 0 Å². The predicted octanol–water partition coefficient (Wildman–Crippen LogP) is 4.34. The van der Waals surface area contributed by atoms with Gasteiger partial charge in [-0.2, -0.15) is 4.98 Å². The van der Waals surface area contributed by atoms with E-state index in [0.717, 1.165) is 12.1 Å². The van der Waals surface area contributed by atoms with E-state index < -0.39 is 23.0 Å². The van der Waals surface area contributed by atoms with Crippen LogP contribution in [0.5, 0.6) is 0 Å². The third kappa shape index (κ3) is 4.45. The highest BCUT2D eigenvalue weighted by Crippen LogP contribution is 2.41. The van der Waals surface area contributed by atoms with Crippen molar-refractivity contribution in [1.29, 1.82) is 0 Å². The Labute approximate surface area is 224 Å².